The molecule has 2 N–H and O–H groups in total. The van der Waals surface area contributed by atoms with Gasteiger partial charge in [-0.05, 0) is 38.1 Å². The molecule has 0 aliphatic carbocycles. The van der Waals surface area contributed by atoms with Crippen molar-refractivity contribution in [2.24, 2.45) is 0 Å². The third-order valence-corrected chi connectivity index (χ3v) is 3.45. The Bertz CT molecular complexity index is 796. The van der Waals surface area contributed by atoms with Crippen LogP contribution in [-0.2, 0) is 0 Å². The average molecular weight is 318 g/mol. The molecule has 114 valence electrons. The third-order valence-electron chi connectivity index (χ3n) is 3.18. The molecule has 0 radical (unpaired) electrons. The number of benzene rings is 1. The molecule has 2 heterocycles. The number of nitrogens with one attached hydrogen (secondary N) is 1. The largest absolute Gasteiger partial charge is 0.389 e. The van der Waals surface area contributed by atoms with Crippen LogP contribution in [0.1, 0.15) is 13.8 Å². The first-order chi connectivity index (χ1) is 10.4. The normalized spacial score (nSPS) is 11.8. The molecule has 0 fully saturated rings. The number of aliphatic hydroxyl groups is 1. The molecular formula is C15H16ClN5O. The van der Waals surface area contributed by atoms with Crippen LogP contribution in [0.15, 0.2) is 36.7 Å². The quantitative estimate of drug-likeness (QED) is 0.773. The van der Waals surface area contributed by atoms with Crippen LogP contribution in [-0.4, -0.2) is 37.2 Å². The van der Waals surface area contributed by atoms with Crippen molar-refractivity contribution in [1.82, 2.24) is 20.0 Å². The fourth-order valence-corrected chi connectivity index (χ4v) is 2.31. The predicted octanol–water partition coefficient (Wildman–Crippen LogP) is 2.65. The van der Waals surface area contributed by atoms with Crippen molar-refractivity contribution in [2.75, 3.05) is 11.9 Å². The Morgan fingerprint density at radius 1 is 1.27 bits per heavy atom. The Labute approximate surface area is 132 Å². The van der Waals surface area contributed by atoms with Crippen molar-refractivity contribution >= 4 is 28.2 Å². The number of aromatic nitrogens is 4. The second-order valence-electron chi connectivity index (χ2n) is 5.69. The summed E-state index contributed by atoms with van der Waals surface area (Å²) in [4.78, 5) is 0. The van der Waals surface area contributed by atoms with E-state index in [0.717, 1.165) is 16.5 Å². The van der Waals surface area contributed by atoms with Crippen LogP contribution in [0.2, 0.25) is 5.15 Å². The van der Waals surface area contributed by atoms with E-state index < -0.39 is 5.60 Å². The summed E-state index contributed by atoms with van der Waals surface area (Å²) in [5, 5.41) is 27.2. The molecule has 1 aromatic carbocycles. The van der Waals surface area contributed by atoms with Gasteiger partial charge in [0.05, 0.1) is 11.3 Å². The third kappa shape index (κ3) is 3.03. The maximum absolute atomic E-state index is 9.86. The molecule has 22 heavy (non-hydrogen) atoms. The average Bonchev–Trinajstić information content (AvgIpc) is 2.99. The van der Waals surface area contributed by atoms with Crippen molar-refractivity contribution < 1.29 is 5.11 Å². The summed E-state index contributed by atoms with van der Waals surface area (Å²) in [6.45, 7) is 3.80. The molecule has 2 aromatic heterocycles. The first-order valence-electron chi connectivity index (χ1n) is 6.86. The highest BCUT2D eigenvalue weighted by Crippen LogP contribution is 2.28. The number of hydrogen-bond acceptors (Lipinski definition) is 5. The fraction of sp³-hybridized carbons (Fsp3) is 0.267. The molecule has 0 aliphatic heterocycles. The summed E-state index contributed by atoms with van der Waals surface area (Å²) in [6.07, 6.45) is 3.58. The number of rotatable bonds is 4. The van der Waals surface area contributed by atoms with E-state index in [0.29, 0.717) is 17.5 Å². The smallest absolute Gasteiger partial charge is 0.159 e. The first-order valence-corrected chi connectivity index (χ1v) is 7.24. The summed E-state index contributed by atoms with van der Waals surface area (Å²) in [7, 11) is 0. The molecule has 0 bridgehead atoms. The zero-order valence-corrected chi connectivity index (χ0v) is 13.0. The number of anilines is 1. The lowest BCUT2D eigenvalue weighted by Gasteiger charge is -2.18. The van der Waals surface area contributed by atoms with E-state index in [-0.39, 0.29) is 0 Å². The molecule has 0 amide bonds. The van der Waals surface area contributed by atoms with Crippen molar-refractivity contribution in [2.45, 2.75) is 19.4 Å². The Kier molecular flexibility index (Phi) is 3.72. The summed E-state index contributed by atoms with van der Waals surface area (Å²) in [5.41, 5.74) is 0.0422. The van der Waals surface area contributed by atoms with Gasteiger partial charge in [-0.15, -0.1) is 10.2 Å². The molecule has 3 rings (SSSR count). The minimum absolute atomic E-state index is 0.343. The van der Waals surface area contributed by atoms with Crippen molar-refractivity contribution in [1.29, 1.82) is 0 Å². The van der Waals surface area contributed by atoms with Gasteiger partial charge in [-0.2, -0.15) is 5.10 Å². The molecule has 0 atom stereocenters. The standard InChI is InChI=1S/C15H16ClN5O/c1-15(2,22)9-17-14-12-8-10(21-7-3-6-18-21)4-5-11(12)13(16)19-20-14/h3-8,22H,9H2,1-2H3,(H,17,20). The number of nitrogens with zero attached hydrogens (tertiary/aromatic N) is 4. The van der Waals surface area contributed by atoms with Gasteiger partial charge < -0.3 is 10.4 Å². The lowest BCUT2D eigenvalue weighted by atomic mass is 10.1. The fourth-order valence-electron chi connectivity index (χ4n) is 2.10. The van der Waals surface area contributed by atoms with Crippen molar-refractivity contribution in [3.05, 3.63) is 41.8 Å². The predicted molar refractivity (Wildman–Crippen MR) is 86.5 cm³/mol. The van der Waals surface area contributed by atoms with E-state index in [1.807, 2.05) is 30.5 Å². The number of fused-ring (bicyclic) bond motifs is 1. The highest BCUT2D eigenvalue weighted by atomic mass is 35.5. The SMILES string of the molecule is CC(C)(O)CNc1nnc(Cl)c2ccc(-n3cccn3)cc12. The van der Waals surface area contributed by atoms with Gasteiger partial charge in [-0.3, -0.25) is 0 Å². The van der Waals surface area contributed by atoms with Crippen molar-refractivity contribution in [3.63, 3.8) is 0 Å². The molecule has 7 heteroatoms. The van der Waals surface area contributed by atoms with Crippen LogP contribution in [0.5, 0.6) is 0 Å². The zero-order valence-electron chi connectivity index (χ0n) is 12.3. The minimum Gasteiger partial charge on any atom is -0.389 e. The Morgan fingerprint density at radius 3 is 2.77 bits per heavy atom. The lowest BCUT2D eigenvalue weighted by Crippen LogP contribution is -2.29. The summed E-state index contributed by atoms with van der Waals surface area (Å²) in [6, 6.07) is 7.60. The van der Waals surface area contributed by atoms with Gasteiger partial charge in [0.15, 0.2) is 11.0 Å². The second kappa shape index (κ2) is 5.55. The topological polar surface area (TPSA) is 75.9 Å². The van der Waals surface area contributed by atoms with Gasteiger partial charge in [0.25, 0.3) is 0 Å². The Hall–Kier alpha value is -2.18. The number of hydrogen-bond donors (Lipinski definition) is 2. The van der Waals surface area contributed by atoms with Gasteiger partial charge in [0.1, 0.15) is 0 Å². The monoisotopic (exact) mass is 317 g/mol. The van der Waals surface area contributed by atoms with Gasteiger partial charge >= 0.3 is 0 Å². The minimum atomic E-state index is -0.854. The first kappa shape index (κ1) is 14.7. The molecule has 3 aromatic rings. The van der Waals surface area contributed by atoms with E-state index >= 15 is 0 Å². The van der Waals surface area contributed by atoms with Gasteiger partial charge in [-0.25, -0.2) is 4.68 Å². The molecule has 0 unspecified atom stereocenters. The van der Waals surface area contributed by atoms with Crippen LogP contribution in [0.25, 0.3) is 16.5 Å². The lowest BCUT2D eigenvalue weighted by molar-refractivity contribution is 0.0944. The van der Waals surface area contributed by atoms with E-state index in [1.54, 1.807) is 24.7 Å². The van der Waals surface area contributed by atoms with E-state index in [2.05, 4.69) is 20.6 Å². The van der Waals surface area contributed by atoms with Crippen LogP contribution < -0.4 is 5.32 Å². The van der Waals surface area contributed by atoms with Gasteiger partial charge in [0.2, 0.25) is 0 Å². The van der Waals surface area contributed by atoms with Crippen LogP contribution in [0.3, 0.4) is 0 Å². The highest BCUT2D eigenvalue weighted by molar-refractivity contribution is 6.34. The molecule has 0 spiro atoms. The van der Waals surface area contributed by atoms with Crippen LogP contribution >= 0.6 is 11.6 Å². The Morgan fingerprint density at radius 2 is 2.09 bits per heavy atom. The van der Waals surface area contributed by atoms with E-state index in [9.17, 15) is 5.11 Å². The number of halogens is 1. The Balaban J connectivity index is 2.08. The van der Waals surface area contributed by atoms with Crippen LogP contribution in [0.4, 0.5) is 5.82 Å². The molecule has 6 nitrogen and oxygen atoms in total. The van der Waals surface area contributed by atoms with Gasteiger partial charge in [-0.1, -0.05) is 11.6 Å². The summed E-state index contributed by atoms with van der Waals surface area (Å²) in [5.74, 6) is 0.579. The maximum Gasteiger partial charge on any atom is 0.159 e. The highest BCUT2D eigenvalue weighted by Gasteiger charge is 2.15. The molecule has 0 aliphatic rings. The van der Waals surface area contributed by atoms with E-state index in [1.165, 1.54) is 0 Å². The summed E-state index contributed by atoms with van der Waals surface area (Å²) < 4.78 is 1.76. The molecular weight excluding hydrogens is 302 g/mol. The summed E-state index contributed by atoms with van der Waals surface area (Å²) >= 11 is 6.12. The molecule has 0 saturated heterocycles. The second-order valence-corrected chi connectivity index (χ2v) is 6.04. The maximum atomic E-state index is 9.86. The van der Waals surface area contributed by atoms with Crippen LogP contribution in [0, 0.1) is 0 Å². The van der Waals surface area contributed by atoms with E-state index in [4.69, 9.17) is 11.6 Å². The zero-order chi connectivity index (χ0) is 15.7. The van der Waals surface area contributed by atoms with Gasteiger partial charge in [0, 0.05) is 29.7 Å². The van der Waals surface area contributed by atoms with Crippen molar-refractivity contribution in [3.8, 4) is 5.69 Å². The molecule has 0 saturated carbocycles.